The topological polar surface area (TPSA) is 25.8 Å². The number of halogens is 1. The van der Waals surface area contributed by atoms with Gasteiger partial charge in [-0.3, -0.25) is 0 Å². The van der Waals surface area contributed by atoms with Gasteiger partial charge in [0.2, 0.25) is 0 Å². The van der Waals surface area contributed by atoms with Crippen molar-refractivity contribution >= 4 is 44.9 Å². The quantitative estimate of drug-likeness (QED) is 0.435. The van der Waals surface area contributed by atoms with Gasteiger partial charge in [-0.25, -0.2) is 9.97 Å². The number of nitrogens with zero attached hydrogens (tertiary/aromatic N) is 2. The van der Waals surface area contributed by atoms with Crippen LogP contribution in [-0.4, -0.2) is 16.2 Å². The largest absolute Gasteiger partial charge is 0.211 e. The summed E-state index contributed by atoms with van der Waals surface area (Å²) in [7, 11) is 0. The molecule has 14 heavy (non-hydrogen) atoms. The minimum Gasteiger partial charge on any atom is -0.211 e. The molecular formula is C9H9ClN2S2. The molecule has 0 N–H and O–H groups in total. The molecule has 2 heterocycles. The van der Waals surface area contributed by atoms with Gasteiger partial charge in [0, 0.05) is 4.88 Å². The Kier molecular flexibility index (Phi) is 2.68. The fourth-order valence-electron chi connectivity index (χ4n) is 1.27. The zero-order chi connectivity index (χ0) is 10.3. The maximum atomic E-state index is 6.10. The van der Waals surface area contributed by atoms with E-state index >= 15 is 0 Å². The highest BCUT2D eigenvalue weighted by Crippen LogP contribution is 2.33. The minimum atomic E-state index is 0.571. The van der Waals surface area contributed by atoms with Crippen LogP contribution in [0.2, 0.25) is 5.15 Å². The first kappa shape index (κ1) is 10.2. The summed E-state index contributed by atoms with van der Waals surface area (Å²) in [6, 6.07) is 0. The molecule has 2 aromatic heterocycles. The fraction of sp³-hybridized carbons (Fsp3) is 0.333. The molecule has 74 valence electrons. The van der Waals surface area contributed by atoms with E-state index in [4.69, 9.17) is 11.6 Å². The van der Waals surface area contributed by atoms with Crippen molar-refractivity contribution in [2.75, 3.05) is 6.26 Å². The monoisotopic (exact) mass is 244 g/mol. The Hall–Kier alpha value is -0.320. The van der Waals surface area contributed by atoms with Crippen LogP contribution >= 0.6 is 34.7 Å². The summed E-state index contributed by atoms with van der Waals surface area (Å²) < 4.78 is 0. The van der Waals surface area contributed by atoms with Crippen molar-refractivity contribution in [3.63, 3.8) is 0 Å². The van der Waals surface area contributed by atoms with E-state index in [0.29, 0.717) is 5.15 Å². The van der Waals surface area contributed by atoms with E-state index < -0.39 is 0 Å². The van der Waals surface area contributed by atoms with Crippen LogP contribution in [-0.2, 0) is 0 Å². The number of hydrogen-bond donors (Lipinski definition) is 0. The molecule has 2 aromatic rings. The summed E-state index contributed by atoms with van der Waals surface area (Å²) in [5.41, 5.74) is 1.20. The summed E-state index contributed by atoms with van der Waals surface area (Å²) in [4.78, 5) is 10.9. The highest BCUT2D eigenvalue weighted by Gasteiger charge is 2.12. The highest BCUT2D eigenvalue weighted by molar-refractivity contribution is 7.98. The molecule has 0 radical (unpaired) electrons. The molecule has 0 bridgehead atoms. The van der Waals surface area contributed by atoms with E-state index in [2.05, 4.69) is 23.8 Å². The minimum absolute atomic E-state index is 0.571. The van der Waals surface area contributed by atoms with Crippen LogP contribution in [0, 0.1) is 13.8 Å². The normalized spacial score (nSPS) is 11.1. The van der Waals surface area contributed by atoms with Gasteiger partial charge in [0.15, 0.2) is 5.16 Å². The molecule has 0 atom stereocenters. The SMILES string of the molecule is CSc1nc(Cl)c2c(C)c(C)sc2n1. The predicted molar refractivity (Wildman–Crippen MR) is 63.7 cm³/mol. The molecule has 0 aromatic carbocycles. The molecule has 2 rings (SSSR count). The number of aromatic nitrogens is 2. The summed E-state index contributed by atoms with van der Waals surface area (Å²) in [6.07, 6.45) is 1.95. The van der Waals surface area contributed by atoms with Crippen LogP contribution in [0.1, 0.15) is 10.4 Å². The van der Waals surface area contributed by atoms with E-state index in [1.807, 2.05) is 6.26 Å². The van der Waals surface area contributed by atoms with Crippen LogP contribution in [0.4, 0.5) is 0 Å². The molecular weight excluding hydrogens is 236 g/mol. The van der Waals surface area contributed by atoms with E-state index in [-0.39, 0.29) is 0 Å². The van der Waals surface area contributed by atoms with Crippen molar-refractivity contribution in [1.82, 2.24) is 9.97 Å². The summed E-state index contributed by atoms with van der Waals surface area (Å²) >= 11 is 9.29. The molecule has 0 amide bonds. The lowest BCUT2D eigenvalue weighted by atomic mass is 10.2. The van der Waals surface area contributed by atoms with Gasteiger partial charge < -0.3 is 0 Å². The van der Waals surface area contributed by atoms with Crippen LogP contribution < -0.4 is 0 Å². The van der Waals surface area contributed by atoms with Crippen molar-refractivity contribution in [1.29, 1.82) is 0 Å². The Morgan fingerprint density at radius 3 is 2.64 bits per heavy atom. The standard InChI is InChI=1S/C9H9ClN2S2/c1-4-5(2)14-8-6(4)7(10)11-9(12-8)13-3/h1-3H3. The van der Waals surface area contributed by atoms with Crippen LogP contribution in [0.15, 0.2) is 5.16 Å². The maximum Gasteiger partial charge on any atom is 0.190 e. The van der Waals surface area contributed by atoms with Gasteiger partial charge >= 0.3 is 0 Å². The lowest BCUT2D eigenvalue weighted by Crippen LogP contribution is -1.86. The Morgan fingerprint density at radius 2 is 2.00 bits per heavy atom. The van der Waals surface area contributed by atoms with Crippen LogP contribution in [0.25, 0.3) is 10.2 Å². The predicted octanol–water partition coefficient (Wildman–Crippen LogP) is 3.68. The van der Waals surface area contributed by atoms with Crippen LogP contribution in [0.5, 0.6) is 0 Å². The van der Waals surface area contributed by atoms with Crippen molar-refractivity contribution in [2.45, 2.75) is 19.0 Å². The summed E-state index contributed by atoms with van der Waals surface area (Å²) in [5.74, 6) is 0. The second kappa shape index (κ2) is 3.68. The first-order valence-electron chi connectivity index (χ1n) is 4.10. The third-order valence-electron chi connectivity index (χ3n) is 2.15. The number of hydrogen-bond acceptors (Lipinski definition) is 4. The van der Waals surface area contributed by atoms with E-state index in [9.17, 15) is 0 Å². The number of thiophene rings is 1. The molecule has 0 saturated carbocycles. The number of rotatable bonds is 1. The van der Waals surface area contributed by atoms with Gasteiger partial charge in [-0.1, -0.05) is 23.4 Å². The van der Waals surface area contributed by atoms with Gasteiger partial charge in [0.25, 0.3) is 0 Å². The van der Waals surface area contributed by atoms with Crippen molar-refractivity contribution in [2.24, 2.45) is 0 Å². The summed E-state index contributed by atoms with van der Waals surface area (Å²) in [5, 5.41) is 2.32. The third kappa shape index (κ3) is 1.51. The number of aryl methyl sites for hydroxylation is 2. The van der Waals surface area contributed by atoms with E-state index in [1.165, 1.54) is 22.2 Å². The summed E-state index contributed by atoms with van der Waals surface area (Å²) in [6.45, 7) is 4.14. The Morgan fingerprint density at radius 1 is 1.29 bits per heavy atom. The van der Waals surface area contributed by atoms with Gasteiger partial charge in [-0.15, -0.1) is 11.3 Å². The van der Waals surface area contributed by atoms with Gasteiger partial charge in [-0.2, -0.15) is 0 Å². The second-order valence-electron chi connectivity index (χ2n) is 2.96. The zero-order valence-electron chi connectivity index (χ0n) is 8.09. The fourth-order valence-corrected chi connectivity index (χ4v) is 3.14. The molecule has 0 spiro atoms. The molecule has 0 aliphatic rings. The number of thioether (sulfide) groups is 1. The second-order valence-corrected chi connectivity index (χ2v) is 5.30. The Labute approximate surface area is 95.7 Å². The Balaban J connectivity index is 2.83. The average molecular weight is 245 g/mol. The van der Waals surface area contributed by atoms with Crippen molar-refractivity contribution < 1.29 is 0 Å². The molecule has 0 unspecified atom stereocenters. The smallest absolute Gasteiger partial charge is 0.190 e. The van der Waals surface area contributed by atoms with Gasteiger partial charge in [-0.05, 0) is 25.7 Å². The molecule has 0 fully saturated rings. The van der Waals surface area contributed by atoms with Crippen LogP contribution in [0.3, 0.4) is 0 Å². The molecule has 0 saturated heterocycles. The average Bonchev–Trinajstić information content (AvgIpc) is 2.43. The first-order valence-corrected chi connectivity index (χ1v) is 6.52. The van der Waals surface area contributed by atoms with Gasteiger partial charge in [0.05, 0.1) is 5.39 Å². The van der Waals surface area contributed by atoms with Crippen molar-refractivity contribution in [3.8, 4) is 0 Å². The van der Waals surface area contributed by atoms with E-state index in [1.54, 1.807) is 11.3 Å². The highest BCUT2D eigenvalue weighted by atomic mass is 35.5. The Bertz CT molecular complexity index is 493. The van der Waals surface area contributed by atoms with Gasteiger partial charge in [0.1, 0.15) is 9.98 Å². The molecule has 2 nitrogen and oxygen atoms in total. The van der Waals surface area contributed by atoms with Crippen molar-refractivity contribution in [3.05, 3.63) is 15.6 Å². The first-order chi connectivity index (χ1) is 6.63. The third-order valence-corrected chi connectivity index (χ3v) is 4.07. The maximum absolute atomic E-state index is 6.10. The molecule has 0 aliphatic heterocycles. The lowest BCUT2D eigenvalue weighted by molar-refractivity contribution is 1.01. The lowest BCUT2D eigenvalue weighted by Gasteiger charge is -1.98. The molecule has 0 aliphatic carbocycles. The molecule has 5 heteroatoms. The number of fused-ring (bicyclic) bond motifs is 1. The zero-order valence-corrected chi connectivity index (χ0v) is 10.5. The van der Waals surface area contributed by atoms with E-state index in [0.717, 1.165) is 15.4 Å².